The minimum atomic E-state index is -0.609. The van der Waals surface area contributed by atoms with Crippen molar-refractivity contribution in [2.24, 2.45) is 0 Å². The molecule has 0 saturated heterocycles. The number of aryl methyl sites for hydroxylation is 1. The molecule has 0 aliphatic rings. The second-order valence-electron chi connectivity index (χ2n) is 5.90. The number of benzene rings is 2. The zero-order chi connectivity index (χ0) is 19.3. The van der Waals surface area contributed by atoms with Crippen molar-refractivity contribution in [3.8, 4) is 11.5 Å². The van der Waals surface area contributed by atoms with Crippen molar-refractivity contribution in [3.05, 3.63) is 58.9 Å². The molecule has 2 aromatic rings. The van der Waals surface area contributed by atoms with E-state index in [9.17, 15) is 14.0 Å². The van der Waals surface area contributed by atoms with E-state index in [0.717, 1.165) is 6.07 Å². The summed E-state index contributed by atoms with van der Waals surface area (Å²) in [5.41, 5.74) is 5.58. The minimum absolute atomic E-state index is 0.0441. The van der Waals surface area contributed by atoms with E-state index in [0.29, 0.717) is 17.1 Å². The van der Waals surface area contributed by atoms with E-state index in [-0.39, 0.29) is 17.2 Å². The van der Waals surface area contributed by atoms with Gasteiger partial charge in [0, 0.05) is 11.1 Å². The van der Waals surface area contributed by atoms with Crippen LogP contribution in [0.1, 0.15) is 40.1 Å². The number of nitrogens with one attached hydrogen (secondary N) is 2. The van der Waals surface area contributed by atoms with Gasteiger partial charge in [-0.1, -0.05) is 6.07 Å². The molecule has 0 aliphatic carbocycles. The molecule has 0 bridgehead atoms. The highest BCUT2D eigenvalue weighted by atomic mass is 19.1. The fraction of sp³-hybridized carbons (Fsp3) is 0.263. The molecule has 2 rings (SSSR count). The Hall–Kier alpha value is -3.09. The Morgan fingerprint density at radius 1 is 1.00 bits per heavy atom. The quantitative estimate of drug-likeness (QED) is 0.804. The predicted octanol–water partition coefficient (Wildman–Crippen LogP) is 3.00. The van der Waals surface area contributed by atoms with Gasteiger partial charge in [0.15, 0.2) is 11.5 Å². The van der Waals surface area contributed by atoms with Crippen LogP contribution in [0.3, 0.4) is 0 Å². The van der Waals surface area contributed by atoms with E-state index in [1.165, 1.54) is 25.3 Å². The van der Waals surface area contributed by atoms with Gasteiger partial charge in [0.05, 0.1) is 13.2 Å². The summed E-state index contributed by atoms with van der Waals surface area (Å²) in [7, 11) is 1.47. The van der Waals surface area contributed by atoms with Gasteiger partial charge in [0.25, 0.3) is 11.8 Å². The molecule has 0 unspecified atom stereocenters. The Labute approximate surface area is 151 Å². The number of rotatable bonds is 5. The summed E-state index contributed by atoms with van der Waals surface area (Å²) in [4.78, 5) is 24.4. The summed E-state index contributed by atoms with van der Waals surface area (Å²) < 4.78 is 24.1. The van der Waals surface area contributed by atoms with Crippen LogP contribution >= 0.6 is 0 Å². The first-order valence-corrected chi connectivity index (χ1v) is 8.03. The first kappa shape index (κ1) is 19.2. The van der Waals surface area contributed by atoms with E-state index in [4.69, 9.17) is 9.47 Å². The Morgan fingerprint density at radius 3 is 2.35 bits per heavy atom. The third-order valence-corrected chi connectivity index (χ3v) is 3.52. The molecular weight excluding hydrogens is 339 g/mol. The number of hydrogen-bond donors (Lipinski definition) is 2. The van der Waals surface area contributed by atoms with Crippen LogP contribution in [0.15, 0.2) is 36.4 Å². The Bertz CT molecular complexity index is 821. The summed E-state index contributed by atoms with van der Waals surface area (Å²) in [5, 5.41) is 0. The molecule has 2 aromatic carbocycles. The normalized spacial score (nSPS) is 10.4. The summed E-state index contributed by atoms with van der Waals surface area (Å²) in [6.45, 7) is 5.43. The second-order valence-corrected chi connectivity index (χ2v) is 5.90. The standard InChI is InChI=1S/C19H21FN2O4/c1-11(2)26-16-8-6-13(9-17(16)25-4)18(23)21-22-19(24)15-10-14(20)7-5-12(15)3/h5-11H,1-4H3,(H,21,23)(H,22,24). The van der Waals surface area contributed by atoms with Crippen molar-refractivity contribution in [1.82, 2.24) is 10.9 Å². The van der Waals surface area contributed by atoms with Gasteiger partial charge in [-0.15, -0.1) is 0 Å². The van der Waals surface area contributed by atoms with Gasteiger partial charge in [-0.05, 0) is 56.7 Å². The van der Waals surface area contributed by atoms with Crippen molar-refractivity contribution in [2.75, 3.05) is 7.11 Å². The molecule has 26 heavy (non-hydrogen) atoms. The molecule has 6 nitrogen and oxygen atoms in total. The molecule has 2 amide bonds. The van der Waals surface area contributed by atoms with E-state index in [1.807, 2.05) is 13.8 Å². The van der Waals surface area contributed by atoms with Crippen molar-refractivity contribution in [1.29, 1.82) is 0 Å². The molecule has 0 saturated carbocycles. The summed E-state index contributed by atoms with van der Waals surface area (Å²) in [6.07, 6.45) is -0.0441. The molecule has 0 fully saturated rings. The van der Waals surface area contributed by atoms with Crippen LogP contribution in [-0.4, -0.2) is 25.0 Å². The van der Waals surface area contributed by atoms with Crippen molar-refractivity contribution in [2.45, 2.75) is 26.9 Å². The lowest BCUT2D eigenvalue weighted by molar-refractivity contribution is 0.0846. The fourth-order valence-electron chi connectivity index (χ4n) is 2.25. The summed E-state index contributed by atoms with van der Waals surface area (Å²) >= 11 is 0. The van der Waals surface area contributed by atoms with E-state index in [1.54, 1.807) is 19.1 Å². The number of hydrogen-bond acceptors (Lipinski definition) is 4. The molecule has 0 atom stereocenters. The second kappa shape index (κ2) is 8.33. The lowest BCUT2D eigenvalue weighted by atomic mass is 10.1. The molecule has 0 radical (unpaired) electrons. The number of ether oxygens (including phenoxy) is 2. The summed E-state index contributed by atoms with van der Waals surface area (Å²) in [5.74, 6) is -0.765. The van der Waals surface area contributed by atoms with Gasteiger partial charge < -0.3 is 9.47 Å². The van der Waals surface area contributed by atoms with Crippen LogP contribution in [0.2, 0.25) is 0 Å². The monoisotopic (exact) mass is 360 g/mol. The topological polar surface area (TPSA) is 76.7 Å². The number of carbonyl (C=O) groups excluding carboxylic acids is 2. The molecule has 138 valence electrons. The maximum Gasteiger partial charge on any atom is 0.270 e. The highest BCUT2D eigenvalue weighted by molar-refractivity contribution is 6.00. The van der Waals surface area contributed by atoms with Crippen molar-refractivity contribution in [3.63, 3.8) is 0 Å². The number of amides is 2. The molecule has 2 N–H and O–H groups in total. The van der Waals surface area contributed by atoms with Crippen LogP contribution in [0.5, 0.6) is 11.5 Å². The SMILES string of the molecule is COc1cc(C(=O)NNC(=O)c2cc(F)ccc2C)ccc1OC(C)C. The number of hydrazine groups is 1. The highest BCUT2D eigenvalue weighted by Crippen LogP contribution is 2.28. The van der Waals surface area contributed by atoms with Crippen LogP contribution < -0.4 is 20.3 Å². The Kier molecular flexibility index (Phi) is 6.16. The largest absolute Gasteiger partial charge is 0.493 e. The third kappa shape index (κ3) is 4.72. The fourth-order valence-corrected chi connectivity index (χ4v) is 2.25. The lowest BCUT2D eigenvalue weighted by Gasteiger charge is -2.14. The summed E-state index contributed by atoms with van der Waals surface area (Å²) in [6, 6.07) is 8.54. The number of carbonyl (C=O) groups is 2. The average molecular weight is 360 g/mol. The average Bonchev–Trinajstić information content (AvgIpc) is 2.61. The van der Waals surface area contributed by atoms with Gasteiger partial charge in [-0.2, -0.15) is 0 Å². The Balaban J connectivity index is 2.07. The van der Waals surface area contributed by atoms with Gasteiger partial charge >= 0.3 is 0 Å². The predicted molar refractivity (Wildman–Crippen MR) is 94.8 cm³/mol. The molecular formula is C19H21FN2O4. The smallest absolute Gasteiger partial charge is 0.270 e. The molecule has 0 aromatic heterocycles. The maximum absolute atomic E-state index is 13.3. The van der Waals surface area contributed by atoms with Gasteiger partial charge in [-0.25, -0.2) is 4.39 Å². The van der Waals surface area contributed by atoms with E-state index in [2.05, 4.69) is 10.9 Å². The first-order valence-electron chi connectivity index (χ1n) is 8.03. The zero-order valence-electron chi connectivity index (χ0n) is 15.1. The van der Waals surface area contributed by atoms with Gasteiger partial charge in [0.2, 0.25) is 0 Å². The first-order chi connectivity index (χ1) is 12.3. The van der Waals surface area contributed by atoms with Crippen LogP contribution in [0.4, 0.5) is 4.39 Å². The van der Waals surface area contributed by atoms with E-state index < -0.39 is 17.6 Å². The third-order valence-electron chi connectivity index (χ3n) is 3.52. The van der Waals surface area contributed by atoms with Gasteiger partial charge in [-0.3, -0.25) is 20.4 Å². The minimum Gasteiger partial charge on any atom is -0.493 e. The van der Waals surface area contributed by atoms with Gasteiger partial charge in [0.1, 0.15) is 5.82 Å². The molecule has 0 spiro atoms. The van der Waals surface area contributed by atoms with E-state index >= 15 is 0 Å². The van der Waals surface area contributed by atoms with Crippen LogP contribution in [-0.2, 0) is 0 Å². The molecule has 0 heterocycles. The zero-order valence-corrected chi connectivity index (χ0v) is 15.1. The maximum atomic E-state index is 13.3. The number of methoxy groups -OCH3 is 1. The van der Waals surface area contributed by atoms with Crippen molar-refractivity contribution >= 4 is 11.8 Å². The Morgan fingerprint density at radius 2 is 1.69 bits per heavy atom. The molecule has 0 aliphatic heterocycles. The number of halogens is 1. The van der Waals surface area contributed by atoms with Crippen LogP contribution in [0, 0.1) is 12.7 Å². The van der Waals surface area contributed by atoms with Crippen molar-refractivity contribution < 1.29 is 23.5 Å². The lowest BCUT2D eigenvalue weighted by Crippen LogP contribution is -2.41. The van der Waals surface area contributed by atoms with Crippen LogP contribution in [0.25, 0.3) is 0 Å². The highest BCUT2D eigenvalue weighted by Gasteiger charge is 2.14. The molecule has 7 heteroatoms.